The predicted octanol–water partition coefficient (Wildman–Crippen LogP) is 3.30. The van der Waals surface area contributed by atoms with Gasteiger partial charge in [-0.1, -0.05) is 30.3 Å². The van der Waals surface area contributed by atoms with E-state index in [4.69, 9.17) is 9.47 Å². The van der Waals surface area contributed by atoms with Gasteiger partial charge in [-0.25, -0.2) is 0 Å². The van der Waals surface area contributed by atoms with E-state index in [1.54, 1.807) is 6.92 Å². The van der Waals surface area contributed by atoms with Gasteiger partial charge in [0.05, 0.1) is 19.3 Å². The fourth-order valence-corrected chi connectivity index (χ4v) is 2.63. The second-order valence-electron chi connectivity index (χ2n) is 5.35. The van der Waals surface area contributed by atoms with E-state index in [2.05, 4.69) is 12.1 Å². The molecule has 0 aromatic heterocycles. The molecule has 0 fully saturated rings. The molecule has 3 heteroatoms. The van der Waals surface area contributed by atoms with Crippen molar-refractivity contribution in [3.63, 3.8) is 0 Å². The largest absolute Gasteiger partial charge is 0.493 e. The quantitative estimate of drug-likeness (QED) is 0.915. The number of hydrogen-bond donors (Lipinski definition) is 1. The molecule has 1 aliphatic rings. The average molecular weight is 284 g/mol. The van der Waals surface area contributed by atoms with Crippen molar-refractivity contribution in [3.05, 3.63) is 59.2 Å². The van der Waals surface area contributed by atoms with Crippen LogP contribution in [0.3, 0.4) is 0 Å². The molecular weight excluding hydrogens is 264 g/mol. The highest BCUT2D eigenvalue weighted by Gasteiger charge is 2.12. The van der Waals surface area contributed by atoms with E-state index in [-0.39, 0.29) is 0 Å². The lowest BCUT2D eigenvalue weighted by molar-refractivity contribution is 0.191. The molecule has 3 rings (SSSR count). The average Bonchev–Trinajstić information content (AvgIpc) is 2.95. The lowest BCUT2D eigenvalue weighted by Crippen LogP contribution is -2.04. The number of hydrogen-bond acceptors (Lipinski definition) is 3. The molecule has 0 bridgehead atoms. The first-order valence-corrected chi connectivity index (χ1v) is 7.38. The maximum Gasteiger partial charge on any atom is 0.125 e. The van der Waals surface area contributed by atoms with Crippen molar-refractivity contribution in [2.75, 3.05) is 13.2 Å². The Labute approximate surface area is 125 Å². The number of para-hydroxylation sites is 1. The summed E-state index contributed by atoms with van der Waals surface area (Å²) in [6.07, 6.45) is 1.33. The Morgan fingerprint density at radius 3 is 2.95 bits per heavy atom. The topological polar surface area (TPSA) is 38.7 Å². The maximum atomic E-state index is 9.73. The van der Waals surface area contributed by atoms with Gasteiger partial charge in [-0.05, 0) is 30.2 Å². The van der Waals surface area contributed by atoms with Crippen molar-refractivity contribution in [1.29, 1.82) is 0 Å². The van der Waals surface area contributed by atoms with Crippen LogP contribution in [-0.2, 0) is 12.8 Å². The number of aliphatic hydroxyl groups is 1. The van der Waals surface area contributed by atoms with Gasteiger partial charge in [-0.15, -0.1) is 0 Å². The van der Waals surface area contributed by atoms with Gasteiger partial charge < -0.3 is 14.6 Å². The Morgan fingerprint density at radius 1 is 1.24 bits per heavy atom. The van der Waals surface area contributed by atoms with Gasteiger partial charge in [-0.3, -0.25) is 0 Å². The van der Waals surface area contributed by atoms with Crippen LogP contribution >= 0.6 is 0 Å². The number of ether oxygens (including phenoxy) is 2. The third-order valence-corrected chi connectivity index (χ3v) is 3.77. The van der Waals surface area contributed by atoms with E-state index in [0.717, 1.165) is 36.5 Å². The van der Waals surface area contributed by atoms with Crippen LogP contribution in [0.2, 0.25) is 0 Å². The zero-order chi connectivity index (χ0) is 14.7. The van der Waals surface area contributed by atoms with E-state index < -0.39 is 6.10 Å². The van der Waals surface area contributed by atoms with Crippen molar-refractivity contribution in [3.8, 4) is 11.5 Å². The third kappa shape index (κ3) is 3.19. The van der Waals surface area contributed by atoms with Gasteiger partial charge >= 0.3 is 0 Å². The van der Waals surface area contributed by atoms with E-state index in [0.29, 0.717) is 6.61 Å². The summed E-state index contributed by atoms with van der Waals surface area (Å²) in [5.74, 6) is 1.77. The number of fused-ring (bicyclic) bond motifs is 1. The Kier molecular flexibility index (Phi) is 4.11. The zero-order valence-corrected chi connectivity index (χ0v) is 12.2. The highest BCUT2D eigenvalue weighted by Crippen LogP contribution is 2.27. The Hall–Kier alpha value is -2.00. The molecule has 1 aliphatic heterocycles. The van der Waals surface area contributed by atoms with Crippen molar-refractivity contribution in [1.82, 2.24) is 0 Å². The minimum absolute atomic E-state index is 0.515. The summed E-state index contributed by atoms with van der Waals surface area (Å²) < 4.78 is 11.3. The smallest absolute Gasteiger partial charge is 0.125 e. The van der Waals surface area contributed by atoms with Crippen LogP contribution in [0, 0.1) is 0 Å². The SMILES string of the molecule is C[C@H](O)c1ccccc1OCCc1ccc2c(c1)CCO2. The monoisotopic (exact) mass is 284 g/mol. The molecule has 3 nitrogen and oxygen atoms in total. The van der Waals surface area contributed by atoms with Crippen LogP contribution in [0.1, 0.15) is 29.7 Å². The van der Waals surface area contributed by atoms with Gasteiger partial charge in [0.1, 0.15) is 11.5 Å². The van der Waals surface area contributed by atoms with E-state index in [1.165, 1.54) is 11.1 Å². The maximum absolute atomic E-state index is 9.73. The van der Waals surface area contributed by atoms with Gasteiger partial charge in [0.15, 0.2) is 0 Å². The van der Waals surface area contributed by atoms with Crippen LogP contribution in [0.4, 0.5) is 0 Å². The minimum Gasteiger partial charge on any atom is -0.493 e. The second-order valence-corrected chi connectivity index (χ2v) is 5.35. The predicted molar refractivity (Wildman–Crippen MR) is 81.9 cm³/mol. The third-order valence-electron chi connectivity index (χ3n) is 3.77. The summed E-state index contributed by atoms with van der Waals surface area (Å²) in [5.41, 5.74) is 3.38. The molecule has 0 saturated heterocycles. The molecule has 0 aliphatic carbocycles. The summed E-state index contributed by atoms with van der Waals surface area (Å²) in [6, 6.07) is 14.0. The van der Waals surface area contributed by atoms with Crippen LogP contribution in [-0.4, -0.2) is 18.3 Å². The summed E-state index contributed by atoms with van der Waals surface area (Å²) in [5, 5.41) is 9.73. The standard InChI is InChI=1S/C18H20O3/c1-13(19)16-4-2-3-5-18(16)21-10-8-14-6-7-17-15(12-14)9-11-20-17/h2-7,12-13,19H,8-11H2,1H3/t13-/m0/s1. The highest BCUT2D eigenvalue weighted by molar-refractivity contribution is 5.40. The Bertz CT molecular complexity index is 620. The van der Waals surface area contributed by atoms with Gasteiger partial charge in [0.2, 0.25) is 0 Å². The fourth-order valence-electron chi connectivity index (χ4n) is 2.63. The molecule has 0 saturated carbocycles. The zero-order valence-electron chi connectivity index (χ0n) is 12.2. The highest BCUT2D eigenvalue weighted by atomic mass is 16.5. The molecular formula is C18H20O3. The van der Waals surface area contributed by atoms with Crippen molar-refractivity contribution in [2.45, 2.75) is 25.9 Å². The molecule has 0 spiro atoms. The molecule has 0 radical (unpaired) electrons. The summed E-state index contributed by atoms with van der Waals surface area (Å²) >= 11 is 0. The van der Waals surface area contributed by atoms with Crippen LogP contribution in [0.25, 0.3) is 0 Å². The molecule has 0 unspecified atom stereocenters. The van der Waals surface area contributed by atoms with Gasteiger partial charge in [-0.2, -0.15) is 0 Å². The van der Waals surface area contributed by atoms with Crippen molar-refractivity contribution >= 4 is 0 Å². The van der Waals surface area contributed by atoms with E-state index >= 15 is 0 Å². The van der Waals surface area contributed by atoms with Gasteiger partial charge in [0.25, 0.3) is 0 Å². The molecule has 2 aromatic rings. The summed E-state index contributed by atoms with van der Waals surface area (Å²) in [4.78, 5) is 0. The number of aliphatic hydroxyl groups excluding tert-OH is 1. The molecule has 110 valence electrons. The first-order chi connectivity index (χ1) is 10.2. The van der Waals surface area contributed by atoms with E-state index in [1.807, 2.05) is 30.3 Å². The summed E-state index contributed by atoms with van der Waals surface area (Å²) in [6.45, 7) is 3.14. The van der Waals surface area contributed by atoms with Crippen LogP contribution in [0.5, 0.6) is 11.5 Å². The molecule has 2 aromatic carbocycles. The number of rotatable bonds is 5. The Morgan fingerprint density at radius 2 is 2.10 bits per heavy atom. The molecule has 0 amide bonds. The van der Waals surface area contributed by atoms with Crippen LogP contribution in [0.15, 0.2) is 42.5 Å². The first-order valence-electron chi connectivity index (χ1n) is 7.38. The van der Waals surface area contributed by atoms with Crippen molar-refractivity contribution < 1.29 is 14.6 Å². The molecule has 1 heterocycles. The van der Waals surface area contributed by atoms with Gasteiger partial charge in [0, 0.05) is 18.4 Å². The second kappa shape index (κ2) is 6.19. The fraction of sp³-hybridized carbons (Fsp3) is 0.333. The number of benzene rings is 2. The van der Waals surface area contributed by atoms with E-state index in [9.17, 15) is 5.11 Å². The molecule has 1 atom stereocenters. The summed E-state index contributed by atoms with van der Waals surface area (Å²) in [7, 11) is 0. The lowest BCUT2D eigenvalue weighted by atomic mass is 10.1. The lowest BCUT2D eigenvalue weighted by Gasteiger charge is -2.13. The Balaban J connectivity index is 1.61. The normalized spacial score (nSPS) is 14.4. The van der Waals surface area contributed by atoms with Crippen molar-refractivity contribution in [2.24, 2.45) is 0 Å². The minimum atomic E-state index is -0.515. The molecule has 1 N–H and O–H groups in total. The molecule has 21 heavy (non-hydrogen) atoms. The first kappa shape index (κ1) is 14.0. The van der Waals surface area contributed by atoms with Crippen LogP contribution < -0.4 is 9.47 Å².